The molecule has 3 rings (SSSR count). The Morgan fingerprint density at radius 3 is 1.79 bits per heavy atom. The van der Waals surface area contributed by atoms with Gasteiger partial charge in [-0.2, -0.15) is 18.4 Å². The fourth-order valence-corrected chi connectivity index (χ4v) is 3.38. The van der Waals surface area contributed by atoms with Gasteiger partial charge in [0.05, 0.1) is 4.90 Å². The van der Waals surface area contributed by atoms with E-state index in [4.69, 9.17) is 0 Å². The van der Waals surface area contributed by atoms with Gasteiger partial charge in [-0.15, -0.1) is 0 Å². The molecule has 3 aromatic rings. The van der Waals surface area contributed by atoms with Gasteiger partial charge in [-0.1, -0.05) is 83.5 Å². The maximum Gasteiger partial charge on any atom is 0.276 e. The Bertz CT molecular complexity index is 1090. The molecule has 6 nitrogen and oxygen atoms in total. The lowest BCUT2D eigenvalue weighted by Crippen LogP contribution is -2.25. The summed E-state index contributed by atoms with van der Waals surface area (Å²) in [6, 6.07) is 24.3. The van der Waals surface area contributed by atoms with Crippen molar-refractivity contribution in [2.75, 3.05) is 0 Å². The molecule has 0 unspecified atom stereocenters. The minimum Gasteiger partial charge on any atom is -0.410 e. The molecule has 0 radical (unpaired) electrons. The SMILES string of the molecule is Cc1ccc(S(=O)(=O)N/N=C(\C(=N\O)c2ccccc2)c2ccccc2)cc1. The predicted molar refractivity (Wildman–Crippen MR) is 109 cm³/mol. The zero-order chi connectivity index (χ0) is 20.0. The lowest BCUT2D eigenvalue weighted by molar-refractivity contribution is 0.320. The van der Waals surface area contributed by atoms with E-state index in [1.54, 1.807) is 60.7 Å². The molecule has 0 saturated carbocycles. The molecule has 0 saturated heterocycles. The highest BCUT2D eigenvalue weighted by atomic mass is 32.2. The average molecular weight is 393 g/mol. The monoisotopic (exact) mass is 393 g/mol. The minimum atomic E-state index is -3.88. The van der Waals surface area contributed by atoms with Crippen LogP contribution in [0.4, 0.5) is 0 Å². The smallest absolute Gasteiger partial charge is 0.276 e. The second-order valence-corrected chi connectivity index (χ2v) is 7.71. The van der Waals surface area contributed by atoms with E-state index < -0.39 is 10.0 Å². The Kier molecular flexibility index (Phi) is 5.86. The fourth-order valence-electron chi connectivity index (χ4n) is 2.56. The van der Waals surface area contributed by atoms with Crippen LogP contribution in [-0.2, 0) is 10.0 Å². The molecule has 0 fully saturated rings. The van der Waals surface area contributed by atoms with Crippen LogP contribution in [0.25, 0.3) is 0 Å². The van der Waals surface area contributed by atoms with Crippen molar-refractivity contribution in [2.45, 2.75) is 11.8 Å². The first-order valence-electron chi connectivity index (χ1n) is 8.51. The normalized spacial score (nSPS) is 12.6. The van der Waals surface area contributed by atoms with Crippen molar-refractivity contribution in [3.05, 3.63) is 102 Å². The fraction of sp³-hybridized carbons (Fsp3) is 0.0476. The van der Waals surface area contributed by atoms with Gasteiger partial charge in [0, 0.05) is 11.1 Å². The molecule has 0 atom stereocenters. The maximum absolute atomic E-state index is 12.6. The van der Waals surface area contributed by atoms with Crippen LogP contribution >= 0.6 is 0 Å². The molecule has 0 bridgehead atoms. The summed E-state index contributed by atoms with van der Waals surface area (Å²) in [6.45, 7) is 1.87. The Morgan fingerprint density at radius 2 is 1.29 bits per heavy atom. The number of rotatable bonds is 6. The summed E-state index contributed by atoms with van der Waals surface area (Å²) in [4.78, 5) is 2.34. The summed E-state index contributed by atoms with van der Waals surface area (Å²) in [7, 11) is -3.88. The molecule has 0 aromatic heterocycles. The minimum absolute atomic E-state index is 0.0939. The van der Waals surface area contributed by atoms with E-state index in [1.165, 1.54) is 12.1 Å². The van der Waals surface area contributed by atoms with E-state index in [-0.39, 0.29) is 16.3 Å². The first-order chi connectivity index (χ1) is 13.5. The highest BCUT2D eigenvalue weighted by Crippen LogP contribution is 2.13. The van der Waals surface area contributed by atoms with E-state index >= 15 is 0 Å². The molecule has 0 aliphatic carbocycles. The summed E-state index contributed by atoms with van der Waals surface area (Å²) >= 11 is 0. The summed E-state index contributed by atoms with van der Waals surface area (Å²) in [5, 5.41) is 17.1. The maximum atomic E-state index is 12.6. The predicted octanol–water partition coefficient (Wildman–Crippen LogP) is 3.56. The molecular weight excluding hydrogens is 374 g/mol. The van der Waals surface area contributed by atoms with Gasteiger partial charge in [-0.25, -0.2) is 0 Å². The first kappa shape index (κ1) is 19.3. The van der Waals surface area contributed by atoms with Crippen molar-refractivity contribution >= 4 is 21.4 Å². The second kappa shape index (κ2) is 8.49. The zero-order valence-electron chi connectivity index (χ0n) is 15.1. The van der Waals surface area contributed by atoms with Crippen molar-refractivity contribution in [2.24, 2.45) is 10.3 Å². The summed E-state index contributed by atoms with van der Waals surface area (Å²) in [6.07, 6.45) is 0. The van der Waals surface area contributed by atoms with Crippen molar-refractivity contribution in [3.8, 4) is 0 Å². The lowest BCUT2D eigenvalue weighted by atomic mass is 10.00. The van der Waals surface area contributed by atoms with E-state index in [0.717, 1.165) is 5.56 Å². The molecule has 0 amide bonds. The van der Waals surface area contributed by atoms with E-state index in [2.05, 4.69) is 15.1 Å². The zero-order valence-corrected chi connectivity index (χ0v) is 16.0. The van der Waals surface area contributed by atoms with Gasteiger partial charge < -0.3 is 5.21 Å². The molecule has 2 N–H and O–H groups in total. The molecule has 3 aromatic carbocycles. The lowest BCUT2D eigenvalue weighted by Gasteiger charge is -2.11. The molecule has 28 heavy (non-hydrogen) atoms. The number of nitrogens with one attached hydrogen (secondary N) is 1. The Morgan fingerprint density at radius 1 is 0.786 bits per heavy atom. The van der Waals surface area contributed by atoms with Gasteiger partial charge in [0.15, 0.2) is 0 Å². The number of oxime groups is 1. The number of hydrazone groups is 1. The van der Waals surface area contributed by atoms with Gasteiger partial charge >= 0.3 is 0 Å². The highest BCUT2D eigenvalue weighted by molar-refractivity contribution is 7.89. The van der Waals surface area contributed by atoms with Crippen LogP contribution in [0.3, 0.4) is 0 Å². The van der Waals surface area contributed by atoms with Crippen LogP contribution in [0, 0.1) is 6.92 Å². The van der Waals surface area contributed by atoms with Crippen molar-refractivity contribution in [1.82, 2.24) is 4.83 Å². The topological polar surface area (TPSA) is 91.1 Å². The summed E-state index contributed by atoms with van der Waals surface area (Å²) in [5.74, 6) is 0. The molecule has 142 valence electrons. The summed E-state index contributed by atoms with van der Waals surface area (Å²) in [5.41, 5.74) is 2.50. The van der Waals surface area contributed by atoms with Gasteiger partial charge in [0.1, 0.15) is 11.4 Å². The van der Waals surface area contributed by atoms with Crippen LogP contribution in [0.5, 0.6) is 0 Å². The number of aryl methyl sites for hydroxylation is 1. The number of benzene rings is 3. The molecule has 0 aliphatic rings. The van der Waals surface area contributed by atoms with Gasteiger partial charge in [-0.3, -0.25) is 0 Å². The Balaban J connectivity index is 2.03. The molecule has 7 heteroatoms. The van der Waals surface area contributed by atoms with Crippen LogP contribution in [0.2, 0.25) is 0 Å². The summed E-state index contributed by atoms with van der Waals surface area (Å²) < 4.78 is 25.2. The molecule has 0 heterocycles. The first-order valence-corrected chi connectivity index (χ1v) is 9.99. The average Bonchev–Trinajstić information content (AvgIpc) is 2.72. The number of hydrogen-bond acceptors (Lipinski definition) is 5. The van der Waals surface area contributed by atoms with Crippen molar-refractivity contribution in [1.29, 1.82) is 0 Å². The van der Waals surface area contributed by atoms with Crippen LogP contribution in [0.15, 0.2) is 100 Å². The Labute approximate surface area is 163 Å². The third kappa shape index (κ3) is 4.44. The van der Waals surface area contributed by atoms with Gasteiger partial charge in [0.2, 0.25) is 0 Å². The third-order valence-electron chi connectivity index (χ3n) is 4.03. The van der Waals surface area contributed by atoms with Gasteiger partial charge in [-0.05, 0) is 19.1 Å². The van der Waals surface area contributed by atoms with Crippen LogP contribution in [0.1, 0.15) is 16.7 Å². The Hall–Kier alpha value is -3.45. The third-order valence-corrected chi connectivity index (χ3v) is 5.25. The molecule has 0 spiro atoms. The number of hydrogen-bond donors (Lipinski definition) is 2. The highest BCUT2D eigenvalue weighted by Gasteiger charge is 2.18. The second-order valence-electron chi connectivity index (χ2n) is 6.05. The van der Waals surface area contributed by atoms with E-state index in [0.29, 0.717) is 11.1 Å². The van der Waals surface area contributed by atoms with Gasteiger partial charge in [0.25, 0.3) is 10.0 Å². The van der Waals surface area contributed by atoms with Crippen molar-refractivity contribution < 1.29 is 13.6 Å². The quantitative estimate of drug-likeness (QED) is 0.381. The number of sulfonamides is 1. The van der Waals surface area contributed by atoms with E-state index in [9.17, 15) is 13.6 Å². The van der Waals surface area contributed by atoms with Crippen molar-refractivity contribution in [3.63, 3.8) is 0 Å². The molecule has 0 aliphatic heterocycles. The molecular formula is C21H19N3O3S. The van der Waals surface area contributed by atoms with Crippen LogP contribution in [-0.4, -0.2) is 25.0 Å². The van der Waals surface area contributed by atoms with Crippen LogP contribution < -0.4 is 4.83 Å². The standard InChI is InChI=1S/C21H19N3O3S/c1-16-12-14-19(15-13-16)28(26,27)24-22-20(17-8-4-2-5-9-17)21(23-25)18-10-6-3-7-11-18/h2-15,24-25H,1H3/b22-20-,23-21+. The van der Waals surface area contributed by atoms with E-state index in [1.807, 2.05) is 19.1 Å². The number of nitrogens with zero attached hydrogens (tertiary/aromatic N) is 2. The largest absolute Gasteiger partial charge is 0.410 e.